The summed E-state index contributed by atoms with van der Waals surface area (Å²) in [5.74, 6) is 1.49. The third kappa shape index (κ3) is 3.48. The molecule has 0 saturated carbocycles. The van der Waals surface area contributed by atoms with Crippen LogP contribution in [0.1, 0.15) is 22.9 Å². The summed E-state index contributed by atoms with van der Waals surface area (Å²) >= 11 is 0. The standard InChI is InChI=1S/C36H22N4O2/c1-2-9-21(10-3-1)34-38-35(24-13-6-16-29-32(24)23-12-4-5-15-28(23)41-29)40-36(39-34)25-14-7-17-30-33(25)26-19-22-11-8-18-37-27(22)20-31(26)42-30/h1-20,35H,(H,38,39,40). The van der Waals surface area contributed by atoms with E-state index in [1.165, 1.54) is 0 Å². The third-order valence-corrected chi connectivity index (χ3v) is 7.97. The minimum Gasteiger partial charge on any atom is -0.456 e. The molecule has 1 aliphatic rings. The summed E-state index contributed by atoms with van der Waals surface area (Å²) < 4.78 is 12.6. The molecule has 1 aliphatic heterocycles. The number of pyridine rings is 1. The molecule has 0 spiro atoms. The lowest BCUT2D eigenvalue weighted by Gasteiger charge is -2.23. The van der Waals surface area contributed by atoms with Crippen LogP contribution in [0.2, 0.25) is 0 Å². The minimum absolute atomic E-state index is 0.486. The van der Waals surface area contributed by atoms with Crippen LogP contribution in [0.25, 0.3) is 54.8 Å². The Morgan fingerprint density at radius 3 is 2.26 bits per heavy atom. The minimum atomic E-state index is -0.486. The number of aliphatic imine (C=N–C) groups is 2. The van der Waals surface area contributed by atoms with Crippen LogP contribution in [-0.2, 0) is 0 Å². The van der Waals surface area contributed by atoms with E-state index in [0.29, 0.717) is 0 Å². The largest absolute Gasteiger partial charge is 0.456 e. The molecule has 0 amide bonds. The van der Waals surface area contributed by atoms with E-state index >= 15 is 0 Å². The van der Waals surface area contributed by atoms with E-state index in [4.69, 9.17) is 18.8 Å². The second-order valence-corrected chi connectivity index (χ2v) is 10.5. The molecule has 5 aromatic carbocycles. The van der Waals surface area contributed by atoms with E-state index in [2.05, 4.69) is 52.8 Å². The SMILES string of the molecule is c1ccc(C2=NC(c3cccc4oc5ccccc5c34)N=C(c3cccc4oc5cc6ncccc6cc5c34)N2)cc1. The molecule has 0 aliphatic carbocycles. The first-order valence-corrected chi connectivity index (χ1v) is 13.9. The molecule has 0 bridgehead atoms. The number of hydrogen-bond acceptors (Lipinski definition) is 6. The normalized spacial score (nSPS) is 15.4. The first kappa shape index (κ1) is 23.0. The monoisotopic (exact) mass is 542 g/mol. The van der Waals surface area contributed by atoms with E-state index in [1.54, 1.807) is 6.20 Å². The number of nitrogens with one attached hydrogen (secondary N) is 1. The zero-order chi connectivity index (χ0) is 27.6. The second-order valence-electron chi connectivity index (χ2n) is 10.5. The second kappa shape index (κ2) is 8.88. The van der Waals surface area contributed by atoms with Crippen LogP contribution < -0.4 is 5.32 Å². The van der Waals surface area contributed by atoms with Gasteiger partial charge >= 0.3 is 0 Å². The van der Waals surface area contributed by atoms with E-state index in [1.807, 2.05) is 72.8 Å². The number of amidine groups is 2. The zero-order valence-electron chi connectivity index (χ0n) is 22.3. The summed E-state index contributed by atoms with van der Waals surface area (Å²) in [6.07, 6.45) is 1.32. The average Bonchev–Trinajstić information content (AvgIpc) is 3.61. The molecule has 4 heterocycles. The Balaban J connectivity index is 1.30. The van der Waals surface area contributed by atoms with Crippen molar-refractivity contribution in [3.05, 3.63) is 138 Å². The fraction of sp³-hybridized carbons (Fsp3) is 0.0278. The maximum atomic E-state index is 6.34. The van der Waals surface area contributed by atoms with Crippen LogP contribution in [0.3, 0.4) is 0 Å². The molecule has 0 saturated heterocycles. The maximum Gasteiger partial charge on any atom is 0.170 e. The Morgan fingerprint density at radius 1 is 0.571 bits per heavy atom. The Bertz CT molecular complexity index is 2400. The maximum absolute atomic E-state index is 6.34. The van der Waals surface area contributed by atoms with Gasteiger partial charge in [0.05, 0.1) is 5.52 Å². The van der Waals surface area contributed by atoms with Crippen LogP contribution in [0.15, 0.2) is 140 Å². The molecule has 1 atom stereocenters. The van der Waals surface area contributed by atoms with E-state index in [-0.39, 0.29) is 0 Å². The number of furan rings is 2. The first-order chi connectivity index (χ1) is 20.8. The van der Waals surface area contributed by atoms with Gasteiger partial charge < -0.3 is 14.2 Å². The van der Waals surface area contributed by atoms with Crippen molar-refractivity contribution in [2.24, 2.45) is 9.98 Å². The van der Waals surface area contributed by atoms with Gasteiger partial charge in [-0.2, -0.15) is 0 Å². The van der Waals surface area contributed by atoms with Gasteiger partial charge in [-0.1, -0.05) is 78.9 Å². The predicted octanol–water partition coefficient (Wildman–Crippen LogP) is 8.53. The van der Waals surface area contributed by atoms with Crippen molar-refractivity contribution < 1.29 is 8.83 Å². The summed E-state index contributed by atoms with van der Waals surface area (Å²) in [6, 6.07) is 38.7. The number of benzene rings is 5. The summed E-state index contributed by atoms with van der Waals surface area (Å²) in [5, 5.41) is 8.74. The molecule has 1 unspecified atom stereocenters. The van der Waals surface area contributed by atoms with Crippen LogP contribution in [-0.4, -0.2) is 16.7 Å². The predicted molar refractivity (Wildman–Crippen MR) is 168 cm³/mol. The fourth-order valence-electron chi connectivity index (χ4n) is 6.08. The molecule has 1 N–H and O–H groups in total. The molecule has 0 radical (unpaired) electrons. The Labute approximate surface area is 239 Å². The molecule has 0 fully saturated rings. The zero-order valence-corrected chi connectivity index (χ0v) is 22.3. The highest BCUT2D eigenvalue weighted by atomic mass is 16.3. The molecule has 9 rings (SSSR count). The number of para-hydroxylation sites is 1. The van der Waals surface area contributed by atoms with Crippen LogP contribution >= 0.6 is 0 Å². The highest BCUT2D eigenvalue weighted by Crippen LogP contribution is 2.38. The molecule has 42 heavy (non-hydrogen) atoms. The van der Waals surface area contributed by atoms with Gasteiger partial charge in [0.15, 0.2) is 6.17 Å². The lowest BCUT2D eigenvalue weighted by atomic mass is 10.0. The average molecular weight is 543 g/mol. The molecule has 8 aromatic rings. The molecular weight excluding hydrogens is 520 g/mol. The number of hydrogen-bond donors (Lipinski definition) is 1. The first-order valence-electron chi connectivity index (χ1n) is 13.9. The lowest BCUT2D eigenvalue weighted by Crippen LogP contribution is -2.36. The molecule has 6 nitrogen and oxygen atoms in total. The van der Waals surface area contributed by atoms with Crippen molar-refractivity contribution in [2.75, 3.05) is 0 Å². The Morgan fingerprint density at radius 2 is 1.33 bits per heavy atom. The summed E-state index contributed by atoms with van der Waals surface area (Å²) in [5.41, 5.74) is 7.09. The highest BCUT2D eigenvalue weighted by molar-refractivity contribution is 6.24. The van der Waals surface area contributed by atoms with Crippen molar-refractivity contribution in [3.8, 4) is 0 Å². The van der Waals surface area contributed by atoms with E-state index in [0.717, 1.165) is 83.1 Å². The fourth-order valence-corrected chi connectivity index (χ4v) is 6.08. The van der Waals surface area contributed by atoms with Crippen LogP contribution in [0.4, 0.5) is 0 Å². The van der Waals surface area contributed by atoms with Gasteiger partial charge in [-0.3, -0.25) is 4.98 Å². The van der Waals surface area contributed by atoms with Gasteiger partial charge in [-0.15, -0.1) is 0 Å². The van der Waals surface area contributed by atoms with Gasteiger partial charge in [-0.05, 0) is 30.3 Å². The quantitative estimate of drug-likeness (QED) is 0.243. The Hall–Kier alpha value is -5.75. The number of rotatable bonds is 3. The molecule has 6 heteroatoms. The van der Waals surface area contributed by atoms with Gasteiger partial charge in [0.2, 0.25) is 0 Å². The third-order valence-electron chi connectivity index (χ3n) is 7.97. The van der Waals surface area contributed by atoms with Gasteiger partial charge in [0, 0.05) is 55.9 Å². The van der Waals surface area contributed by atoms with Crippen LogP contribution in [0.5, 0.6) is 0 Å². The van der Waals surface area contributed by atoms with E-state index in [9.17, 15) is 0 Å². The number of aromatic nitrogens is 1. The molecular formula is C36H22N4O2. The van der Waals surface area contributed by atoms with Gasteiger partial charge in [0.1, 0.15) is 34.0 Å². The summed E-state index contributed by atoms with van der Waals surface area (Å²) in [7, 11) is 0. The van der Waals surface area contributed by atoms with Crippen molar-refractivity contribution >= 4 is 66.5 Å². The van der Waals surface area contributed by atoms with Crippen LogP contribution in [0, 0.1) is 0 Å². The number of nitrogens with zero attached hydrogens (tertiary/aromatic N) is 3. The topological polar surface area (TPSA) is 75.9 Å². The summed E-state index contributed by atoms with van der Waals surface area (Å²) in [4.78, 5) is 14.9. The van der Waals surface area contributed by atoms with Gasteiger partial charge in [-0.25, -0.2) is 9.98 Å². The Kier molecular flexibility index (Phi) is 4.86. The molecule has 198 valence electrons. The highest BCUT2D eigenvalue weighted by Gasteiger charge is 2.25. The van der Waals surface area contributed by atoms with E-state index < -0.39 is 6.17 Å². The van der Waals surface area contributed by atoms with Gasteiger partial charge in [0.25, 0.3) is 0 Å². The van der Waals surface area contributed by atoms with Crippen molar-refractivity contribution in [2.45, 2.75) is 6.17 Å². The lowest BCUT2D eigenvalue weighted by molar-refractivity contribution is 0.667. The van der Waals surface area contributed by atoms with Crippen molar-refractivity contribution in [1.29, 1.82) is 0 Å². The molecule has 3 aromatic heterocycles. The van der Waals surface area contributed by atoms with Crippen molar-refractivity contribution in [3.63, 3.8) is 0 Å². The van der Waals surface area contributed by atoms with Crippen molar-refractivity contribution in [1.82, 2.24) is 10.3 Å². The summed E-state index contributed by atoms with van der Waals surface area (Å²) in [6.45, 7) is 0. The smallest absolute Gasteiger partial charge is 0.170 e. The number of fused-ring (bicyclic) bond motifs is 7.